The highest BCUT2D eigenvalue weighted by Crippen LogP contribution is 2.25. The summed E-state index contributed by atoms with van der Waals surface area (Å²) in [5.41, 5.74) is 1.11. The molecule has 0 saturated carbocycles. The van der Waals surface area contributed by atoms with E-state index in [1.54, 1.807) is 25.3 Å². The van der Waals surface area contributed by atoms with Gasteiger partial charge in [-0.05, 0) is 18.2 Å². The summed E-state index contributed by atoms with van der Waals surface area (Å²) in [7, 11) is 1.56. The molecule has 0 atom stereocenters. The lowest BCUT2D eigenvalue weighted by Crippen LogP contribution is -2.37. The van der Waals surface area contributed by atoms with E-state index < -0.39 is 11.8 Å². The molecule has 1 aromatic carbocycles. The minimum absolute atomic E-state index is 0.0850. The van der Waals surface area contributed by atoms with Crippen molar-refractivity contribution in [2.24, 2.45) is 0 Å². The molecule has 7 heteroatoms. The van der Waals surface area contributed by atoms with Crippen LogP contribution in [-0.2, 0) is 4.79 Å². The van der Waals surface area contributed by atoms with Gasteiger partial charge in [-0.15, -0.1) is 0 Å². The summed E-state index contributed by atoms with van der Waals surface area (Å²) in [6.07, 6.45) is 0. The molecule has 1 aromatic heterocycles. The molecule has 21 heavy (non-hydrogen) atoms. The maximum atomic E-state index is 12.0. The Morgan fingerprint density at radius 1 is 1.38 bits per heavy atom. The molecular weight excluding hydrogens is 272 g/mol. The monoisotopic (exact) mass is 286 g/mol. The molecule has 0 unspecified atom stereocenters. The quantitative estimate of drug-likeness (QED) is 0.697. The first-order chi connectivity index (χ1) is 10.2. The zero-order valence-electron chi connectivity index (χ0n) is 11.4. The number of nitrogens with zero attached hydrogens (tertiary/aromatic N) is 1. The Balaban J connectivity index is 2.06. The molecule has 0 saturated heterocycles. The third kappa shape index (κ3) is 3.30. The van der Waals surface area contributed by atoms with Crippen LogP contribution in [0.3, 0.4) is 0 Å². The number of nitriles is 1. The van der Waals surface area contributed by atoms with Crippen LogP contribution in [0.2, 0.25) is 0 Å². The van der Waals surface area contributed by atoms with Crippen LogP contribution in [0.5, 0.6) is 5.75 Å². The lowest BCUT2D eigenvalue weighted by molar-refractivity contribution is -0.119. The third-order valence-electron chi connectivity index (χ3n) is 2.86. The minimum Gasteiger partial charge on any atom is -0.496 e. The molecule has 2 aromatic rings. The number of carbonyl (C=O) groups excluding carboxylic acids is 2. The Labute approximate surface area is 120 Å². The largest absolute Gasteiger partial charge is 0.496 e. The van der Waals surface area contributed by atoms with Crippen molar-refractivity contribution >= 4 is 22.7 Å². The van der Waals surface area contributed by atoms with Gasteiger partial charge in [-0.3, -0.25) is 9.59 Å². The molecule has 2 amide bonds. The fourth-order valence-corrected chi connectivity index (χ4v) is 1.88. The van der Waals surface area contributed by atoms with Gasteiger partial charge in [0.05, 0.1) is 19.7 Å². The number of carbonyl (C=O) groups is 2. The van der Waals surface area contributed by atoms with E-state index in [1.807, 2.05) is 12.1 Å². The van der Waals surface area contributed by atoms with Crippen molar-refractivity contribution in [1.82, 2.24) is 15.6 Å². The molecule has 0 fully saturated rings. The minimum atomic E-state index is -0.418. The highest BCUT2D eigenvalue weighted by Gasteiger charge is 2.12. The van der Waals surface area contributed by atoms with Gasteiger partial charge in [0.1, 0.15) is 18.0 Å². The van der Waals surface area contributed by atoms with Gasteiger partial charge in [-0.25, -0.2) is 0 Å². The van der Waals surface area contributed by atoms with Gasteiger partial charge in [0.15, 0.2) is 0 Å². The molecular formula is C14H14N4O3. The molecule has 3 N–H and O–H groups in total. The molecule has 0 radical (unpaired) electrons. The molecule has 1 heterocycles. The zero-order chi connectivity index (χ0) is 15.2. The number of hydrogen-bond acceptors (Lipinski definition) is 4. The van der Waals surface area contributed by atoms with E-state index in [0.717, 1.165) is 10.9 Å². The van der Waals surface area contributed by atoms with Gasteiger partial charge < -0.3 is 20.4 Å². The Kier molecular flexibility index (Phi) is 4.41. The van der Waals surface area contributed by atoms with Gasteiger partial charge in [0.2, 0.25) is 5.91 Å². The summed E-state index contributed by atoms with van der Waals surface area (Å²) in [5, 5.41) is 13.9. The van der Waals surface area contributed by atoms with Crippen LogP contribution in [0.15, 0.2) is 24.3 Å². The number of aromatic amines is 1. The lowest BCUT2D eigenvalue weighted by Gasteiger charge is -2.02. The van der Waals surface area contributed by atoms with Crippen molar-refractivity contribution in [2.75, 3.05) is 20.2 Å². The van der Waals surface area contributed by atoms with E-state index in [9.17, 15) is 9.59 Å². The average molecular weight is 286 g/mol. The van der Waals surface area contributed by atoms with E-state index >= 15 is 0 Å². The predicted molar refractivity (Wildman–Crippen MR) is 75.8 cm³/mol. The first kappa shape index (κ1) is 14.4. The Hall–Kier alpha value is -3.01. The third-order valence-corrected chi connectivity index (χ3v) is 2.86. The maximum Gasteiger partial charge on any atom is 0.268 e. The van der Waals surface area contributed by atoms with Crippen LogP contribution in [0.1, 0.15) is 10.5 Å². The van der Waals surface area contributed by atoms with Crippen molar-refractivity contribution in [1.29, 1.82) is 5.26 Å². The first-order valence-corrected chi connectivity index (χ1v) is 6.23. The van der Waals surface area contributed by atoms with Gasteiger partial charge in [-0.2, -0.15) is 5.26 Å². The molecule has 0 bridgehead atoms. The highest BCUT2D eigenvalue weighted by atomic mass is 16.5. The van der Waals surface area contributed by atoms with E-state index in [-0.39, 0.29) is 13.1 Å². The Morgan fingerprint density at radius 3 is 2.90 bits per heavy atom. The normalized spacial score (nSPS) is 9.90. The van der Waals surface area contributed by atoms with Gasteiger partial charge >= 0.3 is 0 Å². The molecule has 0 spiro atoms. The number of ether oxygens (including phenoxy) is 1. The number of aromatic nitrogens is 1. The molecule has 0 aliphatic rings. The van der Waals surface area contributed by atoms with Crippen molar-refractivity contribution < 1.29 is 14.3 Å². The summed E-state index contributed by atoms with van der Waals surface area (Å²) < 4.78 is 5.22. The van der Waals surface area contributed by atoms with Gasteiger partial charge in [-0.1, -0.05) is 6.07 Å². The second-order valence-electron chi connectivity index (χ2n) is 4.22. The molecule has 2 rings (SSSR count). The summed E-state index contributed by atoms with van der Waals surface area (Å²) in [5.74, 6) is -0.159. The van der Waals surface area contributed by atoms with E-state index in [4.69, 9.17) is 10.00 Å². The fraction of sp³-hybridized carbons (Fsp3) is 0.214. The summed E-state index contributed by atoms with van der Waals surface area (Å²) in [6, 6.07) is 8.89. The number of nitrogens with one attached hydrogen (secondary N) is 3. The Morgan fingerprint density at radius 2 is 2.19 bits per heavy atom. The maximum absolute atomic E-state index is 12.0. The molecule has 108 valence electrons. The van der Waals surface area contributed by atoms with E-state index in [0.29, 0.717) is 11.4 Å². The first-order valence-electron chi connectivity index (χ1n) is 6.23. The van der Waals surface area contributed by atoms with Crippen molar-refractivity contribution in [3.8, 4) is 11.8 Å². The van der Waals surface area contributed by atoms with E-state index in [1.165, 1.54) is 0 Å². The van der Waals surface area contributed by atoms with Crippen LogP contribution < -0.4 is 15.4 Å². The standard InChI is InChI=1S/C14H14N4O3/c1-21-12-4-2-3-10-9(12)7-11(18-10)14(20)17-8-13(19)16-6-5-15/h2-4,7,18H,6,8H2,1H3,(H,16,19)(H,17,20). The molecule has 0 aliphatic carbocycles. The highest BCUT2D eigenvalue weighted by molar-refractivity contribution is 6.00. The van der Waals surface area contributed by atoms with Gasteiger partial charge in [0, 0.05) is 10.9 Å². The number of H-pyrrole nitrogens is 1. The van der Waals surface area contributed by atoms with Crippen LogP contribution >= 0.6 is 0 Å². The number of hydrogen-bond donors (Lipinski definition) is 3. The summed E-state index contributed by atoms with van der Waals surface area (Å²) >= 11 is 0. The molecule has 7 nitrogen and oxygen atoms in total. The van der Waals surface area contributed by atoms with Crippen LogP contribution in [0.25, 0.3) is 10.9 Å². The number of fused-ring (bicyclic) bond motifs is 1. The number of benzene rings is 1. The zero-order valence-corrected chi connectivity index (χ0v) is 11.4. The number of rotatable bonds is 5. The Bertz CT molecular complexity index is 715. The van der Waals surface area contributed by atoms with Crippen molar-refractivity contribution in [3.05, 3.63) is 30.0 Å². The smallest absolute Gasteiger partial charge is 0.268 e. The van der Waals surface area contributed by atoms with Gasteiger partial charge in [0.25, 0.3) is 5.91 Å². The summed E-state index contributed by atoms with van der Waals surface area (Å²) in [4.78, 5) is 26.2. The topological polar surface area (TPSA) is 107 Å². The number of amides is 2. The lowest BCUT2D eigenvalue weighted by atomic mass is 10.2. The van der Waals surface area contributed by atoms with Crippen LogP contribution in [0.4, 0.5) is 0 Å². The second-order valence-corrected chi connectivity index (χ2v) is 4.22. The molecule has 0 aliphatic heterocycles. The van der Waals surface area contributed by atoms with Crippen molar-refractivity contribution in [3.63, 3.8) is 0 Å². The van der Waals surface area contributed by atoms with Crippen molar-refractivity contribution in [2.45, 2.75) is 0 Å². The second kappa shape index (κ2) is 6.43. The fourth-order valence-electron chi connectivity index (χ4n) is 1.88. The predicted octanol–water partition coefficient (Wildman–Crippen LogP) is 0.546. The average Bonchev–Trinajstić information content (AvgIpc) is 2.94. The summed E-state index contributed by atoms with van der Waals surface area (Å²) in [6.45, 7) is -0.273. The number of methoxy groups -OCH3 is 1. The van der Waals surface area contributed by atoms with Crippen LogP contribution in [-0.4, -0.2) is 37.0 Å². The van der Waals surface area contributed by atoms with Crippen LogP contribution in [0, 0.1) is 11.3 Å². The SMILES string of the molecule is COc1cccc2[nH]c(C(=O)NCC(=O)NCC#N)cc12. The van der Waals surface area contributed by atoms with E-state index in [2.05, 4.69) is 15.6 Å².